The van der Waals surface area contributed by atoms with E-state index in [0.29, 0.717) is 16.7 Å². The molecule has 0 fully saturated rings. The number of aromatic nitrogens is 2. The van der Waals surface area contributed by atoms with Crippen molar-refractivity contribution < 1.29 is 13.5 Å². The van der Waals surface area contributed by atoms with E-state index in [1.165, 1.54) is 29.2 Å². The summed E-state index contributed by atoms with van der Waals surface area (Å²) in [6, 6.07) is 6.41. The second-order valence-electron chi connectivity index (χ2n) is 3.78. The van der Waals surface area contributed by atoms with Gasteiger partial charge in [0.2, 0.25) is 0 Å². The van der Waals surface area contributed by atoms with E-state index >= 15 is 0 Å². The molecular formula is C11H12BrN3O3S. The molecule has 8 heteroatoms. The number of aliphatic hydroxyl groups excluding tert-OH is 1. The number of hydrogen-bond donors (Lipinski definition) is 2. The zero-order chi connectivity index (χ0) is 13.9. The zero-order valence-corrected chi connectivity index (χ0v) is 12.2. The molecule has 0 saturated heterocycles. The summed E-state index contributed by atoms with van der Waals surface area (Å²) in [5, 5.41) is 12.7. The maximum Gasteiger partial charge on any atom is 0.262 e. The fourth-order valence-electron chi connectivity index (χ4n) is 1.49. The van der Waals surface area contributed by atoms with E-state index in [1.54, 1.807) is 12.1 Å². The highest BCUT2D eigenvalue weighted by molar-refractivity contribution is 9.10. The quantitative estimate of drug-likeness (QED) is 0.858. The van der Waals surface area contributed by atoms with Gasteiger partial charge in [0.1, 0.15) is 0 Å². The molecule has 0 aliphatic carbocycles. The molecule has 0 spiro atoms. The average molecular weight is 346 g/mol. The first-order valence-electron chi connectivity index (χ1n) is 5.43. The van der Waals surface area contributed by atoms with Crippen LogP contribution in [0.2, 0.25) is 0 Å². The number of rotatable bonds is 5. The van der Waals surface area contributed by atoms with Crippen LogP contribution in [0.5, 0.6) is 0 Å². The van der Waals surface area contributed by atoms with Gasteiger partial charge in [-0.3, -0.25) is 9.40 Å². The Labute approximate surface area is 119 Å². The minimum Gasteiger partial charge on any atom is -0.394 e. The SMILES string of the molecule is O=S(=O)(Nc1cnn(CCO)c1)c1cccc(Br)c1. The first-order valence-corrected chi connectivity index (χ1v) is 7.70. The van der Waals surface area contributed by atoms with Gasteiger partial charge in [0.15, 0.2) is 0 Å². The van der Waals surface area contributed by atoms with E-state index in [2.05, 4.69) is 25.8 Å². The van der Waals surface area contributed by atoms with Gasteiger partial charge in [-0.15, -0.1) is 0 Å². The molecule has 0 atom stereocenters. The lowest BCUT2D eigenvalue weighted by atomic mass is 10.4. The number of halogens is 1. The predicted molar refractivity (Wildman–Crippen MR) is 74.3 cm³/mol. The Morgan fingerprint density at radius 2 is 2.21 bits per heavy atom. The molecule has 6 nitrogen and oxygen atoms in total. The first kappa shape index (κ1) is 14.0. The molecular weight excluding hydrogens is 334 g/mol. The molecule has 2 N–H and O–H groups in total. The maximum atomic E-state index is 12.1. The minimum absolute atomic E-state index is 0.0560. The van der Waals surface area contributed by atoms with Crippen LogP contribution in [-0.4, -0.2) is 29.9 Å². The Morgan fingerprint density at radius 3 is 2.89 bits per heavy atom. The highest BCUT2D eigenvalue weighted by atomic mass is 79.9. The molecule has 0 bridgehead atoms. The molecule has 2 aromatic rings. The van der Waals surface area contributed by atoms with Crippen LogP contribution in [0.25, 0.3) is 0 Å². The van der Waals surface area contributed by atoms with E-state index in [-0.39, 0.29) is 11.5 Å². The van der Waals surface area contributed by atoms with E-state index in [4.69, 9.17) is 5.11 Å². The smallest absolute Gasteiger partial charge is 0.262 e. The molecule has 0 saturated carbocycles. The van der Waals surface area contributed by atoms with Gasteiger partial charge in [-0.2, -0.15) is 5.10 Å². The first-order chi connectivity index (χ1) is 9.01. The van der Waals surface area contributed by atoms with Gasteiger partial charge in [0.25, 0.3) is 10.0 Å². The van der Waals surface area contributed by atoms with Crippen LogP contribution in [0.15, 0.2) is 46.0 Å². The number of sulfonamides is 1. The molecule has 2 rings (SSSR count). The summed E-state index contributed by atoms with van der Waals surface area (Å²) in [5.74, 6) is 0. The van der Waals surface area contributed by atoms with Crippen molar-refractivity contribution in [2.24, 2.45) is 0 Å². The van der Waals surface area contributed by atoms with Crippen molar-refractivity contribution in [3.63, 3.8) is 0 Å². The van der Waals surface area contributed by atoms with Gasteiger partial charge in [-0.05, 0) is 18.2 Å². The third-order valence-corrected chi connectivity index (χ3v) is 4.19. The van der Waals surface area contributed by atoms with Crippen molar-refractivity contribution in [1.82, 2.24) is 9.78 Å². The fourth-order valence-corrected chi connectivity index (χ4v) is 3.11. The number of nitrogens with one attached hydrogen (secondary N) is 1. The lowest BCUT2D eigenvalue weighted by Gasteiger charge is -2.05. The largest absolute Gasteiger partial charge is 0.394 e. The predicted octanol–water partition coefficient (Wildman–Crippen LogP) is 1.44. The molecule has 0 unspecified atom stereocenters. The number of aliphatic hydroxyl groups is 1. The number of nitrogens with zero attached hydrogens (tertiary/aromatic N) is 2. The monoisotopic (exact) mass is 345 g/mol. The third-order valence-electron chi connectivity index (χ3n) is 2.32. The van der Waals surface area contributed by atoms with Crippen LogP contribution >= 0.6 is 15.9 Å². The average Bonchev–Trinajstić information content (AvgIpc) is 2.76. The van der Waals surface area contributed by atoms with Crippen LogP contribution in [-0.2, 0) is 16.6 Å². The molecule has 1 aromatic carbocycles. The Kier molecular flexibility index (Phi) is 4.23. The van der Waals surface area contributed by atoms with Crippen LogP contribution in [0, 0.1) is 0 Å². The summed E-state index contributed by atoms with van der Waals surface area (Å²) >= 11 is 3.23. The highest BCUT2D eigenvalue weighted by Gasteiger charge is 2.15. The van der Waals surface area contributed by atoms with Gasteiger partial charge >= 0.3 is 0 Å². The van der Waals surface area contributed by atoms with E-state index in [9.17, 15) is 8.42 Å². The van der Waals surface area contributed by atoms with Crippen LogP contribution in [0.1, 0.15) is 0 Å². The lowest BCUT2D eigenvalue weighted by Crippen LogP contribution is -2.12. The lowest BCUT2D eigenvalue weighted by molar-refractivity contribution is 0.269. The Morgan fingerprint density at radius 1 is 1.42 bits per heavy atom. The van der Waals surface area contributed by atoms with Crippen LogP contribution in [0.3, 0.4) is 0 Å². The van der Waals surface area contributed by atoms with Crippen molar-refractivity contribution >= 4 is 31.6 Å². The van der Waals surface area contributed by atoms with Crippen LogP contribution < -0.4 is 4.72 Å². The van der Waals surface area contributed by atoms with E-state index in [0.717, 1.165) is 0 Å². The van der Waals surface area contributed by atoms with Crippen molar-refractivity contribution in [1.29, 1.82) is 0 Å². The summed E-state index contributed by atoms with van der Waals surface area (Å²) < 4.78 is 28.8. The highest BCUT2D eigenvalue weighted by Crippen LogP contribution is 2.19. The second-order valence-corrected chi connectivity index (χ2v) is 6.38. The number of benzene rings is 1. The van der Waals surface area contributed by atoms with Crippen molar-refractivity contribution in [3.05, 3.63) is 41.1 Å². The van der Waals surface area contributed by atoms with Gasteiger partial charge in [0.05, 0.1) is 29.9 Å². The third kappa shape index (κ3) is 3.55. The summed E-state index contributed by atoms with van der Waals surface area (Å²) in [4.78, 5) is 0.164. The Bertz CT molecular complexity index is 669. The standard InChI is InChI=1S/C11H12BrN3O3S/c12-9-2-1-3-11(6-9)19(17,18)14-10-7-13-15(8-10)4-5-16/h1-3,6-8,14,16H,4-5H2. The molecule has 0 amide bonds. The minimum atomic E-state index is -3.63. The zero-order valence-electron chi connectivity index (χ0n) is 9.82. The number of anilines is 1. The molecule has 0 aliphatic rings. The summed E-state index contributed by atoms with van der Waals surface area (Å²) in [6.45, 7) is 0.262. The molecule has 1 aromatic heterocycles. The molecule has 102 valence electrons. The summed E-state index contributed by atoms with van der Waals surface area (Å²) in [5.41, 5.74) is 0.355. The van der Waals surface area contributed by atoms with Gasteiger partial charge in [0, 0.05) is 10.7 Å². The van der Waals surface area contributed by atoms with Crippen molar-refractivity contribution in [2.75, 3.05) is 11.3 Å². The number of hydrogen-bond acceptors (Lipinski definition) is 4. The molecule has 0 aliphatic heterocycles. The molecule has 19 heavy (non-hydrogen) atoms. The van der Waals surface area contributed by atoms with Gasteiger partial charge in [-0.25, -0.2) is 8.42 Å². The summed E-state index contributed by atoms with van der Waals surface area (Å²) in [7, 11) is -3.63. The molecule has 1 heterocycles. The van der Waals surface area contributed by atoms with Crippen LogP contribution in [0.4, 0.5) is 5.69 Å². The Hall–Kier alpha value is -1.38. The van der Waals surface area contributed by atoms with Gasteiger partial charge in [-0.1, -0.05) is 22.0 Å². The van der Waals surface area contributed by atoms with Crippen molar-refractivity contribution in [2.45, 2.75) is 11.4 Å². The topological polar surface area (TPSA) is 84.2 Å². The van der Waals surface area contributed by atoms with Crippen molar-refractivity contribution in [3.8, 4) is 0 Å². The maximum absolute atomic E-state index is 12.1. The Balaban J connectivity index is 2.21. The van der Waals surface area contributed by atoms with E-state index < -0.39 is 10.0 Å². The van der Waals surface area contributed by atoms with Gasteiger partial charge < -0.3 is 5.11 Å². The summed E-state index contributed by atoms with van der Waals surface area (Å²) in [6.07, 6.45) is 2.91. The molecule has 0 radical (unpaired) electrons. The second kappa shape index (κ2) is 5.72. The normalized spacial score (nSPS) is 11.5. The fraction of sp³-hybridized carbons (Fsp3) is 0.182. The van der Waals surface area contributed by atoms with E-state index in [1.807, 2.05) is 0 Å².